The number of nitrogens with one attached hydrogen (secondary N) is 2. The molecule has 98 valence electrons. The molecule has 1 amide bonds. The van der Waals surface area contributed by atoms with Crippen molar-refractivity contribution in [1.29, 1.82) is 0 Å². The van der Waals surface area contributed by atoms with E-state index in [1.54, 1.807) is 0 Å². The largest absolute Gasteiger partial charge is 0.393 e. The Morgan fingerprint density at radius 3 is 2.89 bits per heavy atom. The van der Waals surface area contributed by atoms with Crippen LogP contribution in [0.3, 0.4) is 0 Å². The third kappa shape index (κ3) is 3.40. The molecule has 1 aliphatic carbocycles. The lowest BCUT2D eigenvalue weighted by molar-refractivity contribution is -0.118. The van der Waals surface area contributed by atoms with Gasteiger partial charge in [0.05, 0.1) is 6.10 Å². The van der Waals surface area contributed by atoms with E-state index in [2.05, 4.69) is 20.6 Å². The number of rotatable bonds is 5. The van der Waals surface area contributed by atoms with Gasteiger partial charge in [-0.05, 0) is 12.8 Å². The number of aliphatic hydroxyl groups excluding tert-OH is 1. The fraction of sp³-hybridized carbons (Fsp3) is 0.583. The normalized spacial score (nSPS) is 22.1. The van der Waals surface area contributed by atoms with Crippen LogP contribution in [0.4, 0.5) is 5.82 Å². The third-order valence-corrected chi connectivity index (χ3v) is 3.02. The molecule has 1 aliphatic rings. The maximum atomic E-state index is 10.7. The fourth-order valence-electron chi connectivity index (χ4n) is 1.95. The first kappa shape index (κ1) is 12.8. The smallest absolute Gasteiger partial charge is 0.216 e. The standard InChI is InChI=1S/C12H18N4O2/c1-8(17)13-2-3-14-12-6-11(15-7-16-12)9-4-10(18)5-9/h6-7,9-10,18H,2-5H2,1H3,(H,13,17)(H,14,15,16). The number of amides is 1. The lowest BCUT2D eigenvalue weighted by Gasteiger charge is -2.30. The molecule has 1 aromatic heterocycles. The number of hydrogen-bond donors (Lipinski definition) is 3. The maximum Gasteiger partial charge on any atom is 0.216 e. The predicted molar refractivity (Wildman–Crippen MR) is 67.2 cm³/mol. The SMILES string of the molecule is CC(=O)NCCNc1cc(C2CC(O)C2)ncn1. The minimum absolute atomic E-state index is 0.0383. The summed E-state index contributed by atoms with van der Waals surface area (Å²) >= 11 is 0. The fourth-order valence-corrected chi connectivity index (χ4v) is 1.95. The van der Waals surface area contributed by atoms with Crippen molar-refractivity contribution in [2.24, 2.45) is 0 Å². The molecule has 0 radical (unpaired) electrons. The number of carbonyl (C=O) groups is 1. The van der Waals surface area contributed by atoms with Crippen LogP contribution in [0.1, 0.15) is 31.4 Å². The molecule has 6 nitrogen and oxygen atoms in total. The first-order chi connectivity index (χ1) is 8.65. The molecule has 1 fully saturated rings. The zero-order valence-corrected chi connectivity index (χ0v) is 10.4. The van der Waals surface area contributed by atoms with E-state index in [4.69, 9.17) is 0 Å². The summed E-state index contributed by atoms with van der Waals surface area (Å²) in [6.07, 6.45) is 2.91. The monoisotopic (exact) mass is 250 g/mol. The summed E-state index contributed by atoms with van der Waals surface area (Å²) in [5, 5.41) is 15.1. The Hall–Kier alpha value is -1.69. The summed E-state index contributed by atoms with van der Waals surface area (Å²) in [7, 11) is 0. The zero-order valence-electron chi connectivity index (χ0n) is 10.4. The Balaban J connectivity index is 1.82. The third-order valence-electron chi connectivity index (χ3n) is 3.02. The Labute approximate surface area is 106 Å². The van der Waals surface area contributed by atoms with Gasteiger partial charge in [0.25, 0.3) is 0 Å². The molecule has 0 unspecified atom stereocenters. The molecule has 18 heavy (non-hydrogen) atoms. The van der Waals surface area contributed by atoms with Crippen LogP contribution in [0.15, 0.2) is 12.4 Å². The summed E-state index contributed by atoms with van der Waals surface area (Å²) in [4.78, 5) is 19.0. The molecule has 1 aromatic rings. The lowest BCUT2D eigenvalue weighted by Crippen LogP contribution is -2.28. The number of nitrogens with zero attached hydrogens (tertiary/aromatic N) is 2. The summed E-state index contributed by atoms with van der Waals surface area (Å²) in [5.41, 5.74) is 0.970. The number of hydrogen-bond acceptors (Lipinski definition) is 5. The molecule has 0 atom stereocenters. The van der Waals surface area contributed by atoms with Crippen LogP contribution in [-0.2, 0) is 4.79 Å². The van der Waals surface area contributed by atoms with Gasteiger partial charge in [0, 0.05) is 37.7 Å². The maximum absolute atomic E-state index is 10.7. The van der Waals surface area contributed by atoms with Crippen LogP contribution < -0.4 is 10.6 Å². The highest BCUT2D eigenvalue weighted by atomic mass is 16.3. The van der Waals surface area contributed by atoms with Crippen molar-refractivity contribution < 1.29 is 9.90 Å². The molecule has 1 saturated carbocycles. The molecule has 2 rings (SSSR count). The molecule has 0 aromatic carbocycles. The van der Waals surface area contributed by atoms with Gasteiger partial charge in [0.1, 0.15) is 12.1 Å². The second kappa shape index (κ2) is 5.77. The Morgan fingerprint density at radius 1 is 1.44 bits per heavy atom. The highest BCUT2D eigenvalue weighted by Gasteiger charge is 2.29. The average Bonchev–Trinajstić information content (AvgIpc) is 2.31. The van der Waals surface area contributed by atoms with Crippen molar-refractivity contribution in [3.8, 4) is 0 Å². The van der Waals surface area contributed by atoms with Crippen molar-refractivity contribution in [1.82, 2.24) is 15.3 Å². The molecule has 0 saturated heterocycles. The van der Waals surface area contributed by atoms with E-state index in [0.717, 1.165) is 24.4 Å². The molecule has 0 spiro atoms. The van der Waals surface area contributed by atoms with Crippen LogP contribution in [0.5, 0.6) is 0 Å². The van der Waals surface area contributed by atoms with E-state index in [1.165, 1.54) is 13.3 Å². The van der Waals surface area contributed by atoms with Crippen molar-refractivity contribution in [3.63, 3.8) is 0 Å². The van der Waals surface area contributed by atoms with Gasteiger partial charge in [0.2, 0.25) is 5.91 Å². The van der Waals surface area contributed by atoms with Crippen LogP contribution in [0, 0.1) is 0 Å². The van der Waals surface area contributed by atoms with Gasteiger partial charge >= 0.3 is 0 Å². The molecule has 3 N–H and O–H groups in total. The van der Waals surface area contributed by atoms with Gasteiger partial charge in [-0.3, -0.25) is 4.79 Å². The second-order valence-corrected chi connectivity index (χ2v) is 4.56. The van der Waals surface area contributed by atoms with E-state index < -0.39 is 0 Å². The van der Waals surface area contributed by atoms with Crippen LogP contribution >= 0.6 is 0 Å². The van der Waals surface area contributed by atoms with E-state index >= 15 is 0 Å². The highest BCUT2D eigenvalue weighted by molar-refractivity contribution is 5.72. The Kier molecular flexibility index (Phi) is 4.09. The number of anilines is 1. The van der Waals surface area contributed by atoms with Gasteiger partial charge in [-0.2, -0.15) is 0 Å². The van der Waals surface area contributed by atoms with Gasteiger partial charge in [-0.25, -0.2) is 9.97 Å². The Bertz CT molecular complexity index is 418. The van der Waals surface area contributed by atoms with E-state index in [1.807, 2.05) is 6.07 Å². The summed E-state index contributed by atoms with van der Waals surface area (Å²) in [6, 6.07) is 1.91. The van der Waals surface area contributed by atoms with E-state index in [9.17, 15) is 9.90 Å². The van der Waals surface area contributed by atoms with Crippen molar-refractivity contribution in [2.45, 2.75) is 31.8 Å². The molecular weight excluding hydrogens is 232 g/mol. The summed E-state index contributed by atoms with van der Waals surface area (Å²) in [6.45, 7) is 2.69. The minimum Gasteiger partial charge on any atom is -0.393 e. The number of carbonyl (C=O) groups excluding carboxylic acids is 1. The molecule has 6 heteroatoms. The van der Waals surface area contributed by atoms with Gasteiger partial charge in [-0.15, -0.1) is 0 Å². The molecular formula is C12H18N4O2. The summed E-state index contributed by atoms with van der Waals surface area (Å²) in [5.74, 6) is 1.06. The number of aromatic nitrogens is 2. The van der Waals surface area contributed by atoms with Crippen molar-refractivity contribution in [2.75, 3.05) is 18.4 Å². The molecule has 0 aliphatic heterocycles. The predicted octanol–water partition coefficient (Wildman–Crippen LogP) is 0.263. The molecule has 0 bridgehead atoms. The summed E-state index contributed by atoms with van der Waals surface area (Å²) < 4.78 is 0. The lowest BCUT2D eigenvalue weighted by atomic mass is 9.80. The molecule has 1 heterocycles. The first-order valence-corrected chi connectivity index (χ1v) is 6.13. The minimum atomic E-state index is -0.179. The van der Waals surface area contributed by atoms with E-state index in [-0.39, 0.29) is 12.0 Å². The van der Waals surface area contributed by atoms with Crippen LogP contribution in [0.2, 0.25) is 0 Å². The van der Waals surface area contributed by atoms with Gasteiger partial charge in [-0.1, -0.05) is 0 Å². The average molecular weight is 250 g/mol. The number of aliphatic hydroxyl groups is 1. The van der Waals surface area contributed by atoms with Gasteiger partial charge < -0.3 is 15.7 Å². The van der Waals surface area contributed by atoms with Crippen LogP contribution in [-0.4, -0.2) is 40.2 Å². The quantitative estimate of drug-likeness (QED) is 0.653. The first-order valence-electron chi connectivity index (χ1n) is 6.13. The zero-order chi connectivity index (χ0) is 13.0. The topological polar surface area (TPSA) is 87.1 Å². The van der Waals surface area contributed by atoms with Crippen molar-refractivity contribution in [3.05, 3.63) is 18.1 Å². The second-order valence-electron chi connectivity index (χ2n) is 4.56. The van der Waals surface area contributed by atoms with Crippen molar-refractivity contribution >= 4 is 11.7 Å². The Morgan fingerprint density at radius 2 is 2.22 bits per heavy atom. The van der Waals surface area contributed by atoms with E-state index in [0.29, 0.717) is 19.0 Å². The van der Waals surface area contributed by atoms with Gasteiger partial charge in [0.15, 0.2) is 0 Å². The highest BCUT2D eigenvalue weighted by Crippen LogP contribution is 2.35. The van der Waals surface area contributed by atoms with Crippen LogP contribution in [0.25, 0.3) is 0 Å².